The number of aromatic nitrogens is 3. The van der Waals surface area contributed by atoms with Crippen molar-refractivity contribution in [2.75, 3.05) is 13.1 Å². The molecule has 0 bridgehead atoms. The van der Waals surface area contributed by atoms with Gasteiger partial charge in [-0.05, 0) is 19.8 Å². The minimum absolute atomic E-state index is 0.167. The van der Waals surface area contributed by atoms with Crippen molar-refractivity contribution in [2.24, 2.45) is 4.99 Å². The zero-order valence-electron chi connectivity index (χ0n) is 11.2. The molecule has 6 nitrogen and oxygen atoms in total. The van der Waals surface area contributed by atoms with E-state index in [-0.39, 0.29) is 6.03 Å². The molecule has 0 spiro atoms. The van der Waals surface area contributed by atoms with E-state index in [1.54, 1.807) is 21.9 Å². The van der Waals surface area contributed by atoms with E-state index in [4.69, 9.17) is 0 Å². The lowest BCUT2D eigenvalue weighted by atomic mass is 10.4. The van der Waals surface area contributed by atoms with E-state index >= 15 is 0 Å². The van der Waals surface area contributed by atoms with Crippen molar-refractivity contribution in [1.82, 2.24) is 19.4 Å². The number of hydrogen-bond acceptors (Lipinski definition) is 4. The van der Waals surface area contributed by atoms with Crippen LogP contribution in [0.5, 0.6) is 0 Å². The van der Waals surface area contributed by atoms with Crippen molar-refractivity contribution < 1.29 is 4.79 Å². The first-order chi connectivity index (χ1) is 9.74. The van der Waals surface area contributed by atoms with Crippen LogP contribution >= 0.6 is 11.3 Å². The van der Waals surface area contributed by atoms with Gasteiger partial charge in [0.1, 0.15) is 0 Å². The zero-order chi connectivity index (χ0) is 13.9. The summed E-state index contributed by atoms with van der Waals surface area (Å²) in [7, 11) is 0. The third-order valence-electron chi connectivity index (χ3n) is 3.15. The van der Waals surface area contributed by atoms with E-state index in [9.17, 15) is 4.79 Å². The van der Waals surface area contributed by atoms with Gasteiger partial charge in [0.15, 0.2) is 10.6 Å². The molecule has 2 aromatic heterocycles. The Kier molecular flexibility index (Phi) is 3.60. The quantitative estimate of drug-likeness (QED) is 0.803. The smallest absolute Gasteiger partial charge is 0.323 e. The van der Waals surface area contributed by atoms with Crippen LogP contribution in [-0.4, -0.2) is 38.6 Å². The molecular formula is C13H15N5OS. The van der Waals surface area contributed by atoms with Crippen LogP contribution in [0.3, 0.4) is 0 Å². The van der Waals surface area contributed by atoms with Gasteiger partial charge in [-0.15, -0.1) is 11.3 Å². The molecule has 0 N–H and O–H groups in total. The van der Waals surface area contributed by atoms with Gasteiger partial charge in [0.2, 0.25) is 0 Å². The molecule has 2 amide bonds. The summed E-state index contributed by atoms with van der Waals surface area (Å²) in [5.74, 6) is 0.680. The van der Waals surface area contributed by atoms with E-state index in [0.29, 0.717) is 10.6 Å². The SMILES string of the molecule is Cc1cncc(-n2ccs/c2=N\C(=O)N2CCCC2)n1. The molecular weight excluding hydrogens is 274 g/mol. The Balaban J connectivity index is 1.95. The van der Waals surface area contributed by atoms with Crippen LogP contribution in [-0.2, 0) is 0 Å². The van der Waals surface area contributed by atoms with Gasteiger partial charge in [-0.2, -0.15) is 4.99 Å². The fourth-order valence-electron chi connectivity index (χ4n) is 2.15. The van der Waals surface area contributed by atoms with Crippen molar-refractivity contribution in [3.8, 4) is 5.82 Å². The summed E-state index contributed by atoms with van der Waals surface area (Å²) in [5, 5.41) is 1.89. The molecule has 0 aromatic carbocycles. The van der Waals surface area contributed by atoms with E-state index in [1.807, 2.05) is 18.5 Å². The first kappa shape index (κ1) is 13.0. The van der Waals surface area contributed by atoms with Crippen LogP contribution in [0.15, 0.2) is 29.0 Å². The van der Waals surface area contributed by atoms with Crippen LogP contribution in [0.4, 0.5) is 4.79 Å². The number of thiazole rings is 1. The number of amides is 2. The topological polar surface area (TPSA) is 63.4 Å². The molecule has 1 aliphatic heterocycles. The van der Waals surface area contributed by atoms with Crippen LogP contribution < -0.4 is 4.80 Å². The highest BCUT2D eigenvalue weighted by atomic mass is 32.1. The molecule has 7 heteroatoms. The highest BCUT2D eigenvalue weighted by molar-refractivity contribution is 7.07. The minimum atomic E-state index is -0.167. The Morgan fingerprint density at radius 2 is 2.15 bits per heavy atom. The second-order valence-electron chi connectivity index (χ2n) is 4.66. The largest absolute Gasteiger partial charge is 0.346 e. The van der Waals surface area contributed by atoms with Gasteiger partial charge in [-0.3, -0.25) is 9.55 Å². The van der Waals surface area contributed by atoms with Crippen molar-refractivity contribution in [2.45, 2.75) is 19.8 Å². The van der Waals surface area contributed by atoms with Gasteiger partial charge in [-0.1, -0.05) is 0 Å². The maximum atomic E-state index is 12.1. The van der Waals surface area contributed by atoms with Gasteiger partial charge in [0, 0.05) is 30.9 Å². The Morgan fingerprint density at radius 1 is 1.35 bits per heavy atom. The number of aryl methyl sites for hydroxylation is 1. The number of urea groups is 1. The Bertz CT molecular complexity index is 684. The lowest BCUT2D eigenvalue weighted by Crippen LogP contribution is -2.27. The Morgan fingerprint density at radius 3 is 2.90 bits per heavy atom. The number of nitrogens with zero attached hydrogens (tertiary/aromatic N) is 5. The molecule has 1 aliphatic rings. The molecule has 0 radical (unpaired) electrons. The molecule has 0 atom stereocenters. The summed E-state index contributed by atoms with van der Waals surface area (Å²) in [6.07, 6.45) is 7.34. The molecule has 0 saturated carbocycles. The summed E-state index contributed by atoms with van der Waals surface area (Å²) in [6, 6.07) is -0.167. The predicted octanol–water partition coefficient (Wildman–Crippen LogP) is 1.75. The van der Waals surface area contributed by atoms with Gasteiger partial charge in [-0.25, -0.2) is 9.78 Å². The highest BCUT2D eigenvalue weighted by Gasteiger charge is 2.17. The first-order valence-electron chi connectivity index (χ1n) is 6.53. The normalized spacial score (nSPS) is 15.8. The predicted molar refractivity (Wildman–Crippen MR) is 75.7 cm³/mol. The summed E-state index contributed by atoms with van der Waals surface area (Å²) in [6.45, 7) is 3.49. The number of carbonyl (C=O) groups excluding carboxylic acids is 1. The van der Waals surface area contributed by atoms with Crippen molar-refractivity contribution in [3.05, 3.63) is 34.5 Å². The molecule has 20 heavy (non-hydrogen) atoms. The summed E-state index contributed by atoms with van der Waals surface area (Å²) in [4.78, 5) is 27.2. The van der Waals surface area contributed by atoms with Crippen molar-refractivity contribution in [3.63, 3.8) is 0 Å². The third kappa shape index (κ3) is 2.62. The number of hydrogen-bond donors (Lipinski definition) is 0. The first-order valence-corrected chi connectivity index (χ1v) is 7.41. The van der Waals surface area contributed by atoms with Crippen LogP contribution in [0.25, 0.3) is 5.82 Å². The Hall–Kier alpha value is -2.02. The molecule has 2 aromatic rings. The lowest BCUT2D eigenvalue weighted by molar-refractivity contribution is 0.218. The zero-order valence-corrected chi connectivity index (χ0v) is 12.0. The molecule has 0 unspecified atom stereocenters. The number of likely N-dealkylation sites (tertiary alicyclic amines) is 1. The fraction of sp³-hybridized carbons (Fsp3) is 0.385. The van der Waals surface area contributed by atoms with Crippen molar-refractivity contribution in [1.29, 1.82) is 0 Å². The maximum absolute atomic E-state index is 12.1. The monoisotopic (exact) mass is 289 g/mol. The van der Waals surface area contributed by atoms with Crippen LogP contribution in [0, 0.1) is 6.92 Å². The fourth-order valence-corrected chi connectivity index (χ4v) is 2.86. The van der Waals surface area contributed by atoms with Crippen molar-refractivity contribution >= 4 is 17.4 Å². The minimum Gasteiger partial charge on any atom is -0.323 e. The second-order valence-corrected chi connectivity index (χ2v) is 5.54. The van der Waals surface area contributed by atoms with Gasteiger partial charge in [0.05, 0.1) is 11.9 Å². The van der Waals surface area contributed by atoms with Crippen LogP contribution in [0.2, 0.25) is 0 Å². The molecule has 1 fully saturated rings. The second kappa shape index (κ2) is 5.54. The Labute approximate surface area is 120 Å². The van der Waals surface area contributed by atoms with E-state index in [2.05, 4.69) is 15.0 Å². The van der Waals surface area contributed by atoms with Gasteiger partial charge in [0.25, 0.3) is 0 Å². The third-order valence-corrected chi connectivity index (χ3v) is 3.90. The van der Waals surface area contributed by atoms with Gasteiger partial charge < -0.3 is 4.90 Å². The number of carbonyl (C=O) groups is 1. The van der Waals surface area contributed by atoms with E-state index in [1.165, 1.54) is 11.3 Å². The molecule has 104 valence electrons. The van der Waals surface area contributed by atoms with Crippen LogP contribution in [0.1, 0.15) is 18.5 Å². The average molecular weight is 289 g/mol. The van der Waals surface area contributed by atoms with Gasteiger partial charge >= 0.3 is 6.03 Å². The molecule has 1 saturated heterocycles. The molecule has 0 aliphatic carbocycles. The maximum Gasteiger partial charge on any atom is 0.346 e. The summed E-state index contributed by atoms with van der Waals surface area (Å²) >= 11 is 1.42. The standard InChI is InChI=1S/C13H15N5OS/c1-10-8-14-9-11(15-10)18-6-7-20-13(18)16-12(19)17-4-2-3-5-17/h6-9H,2-5H2,1H3/b16-13-. The average Bonchev–Trinajstić information content (AvgIpc) is 3.09. The van der Waals surface area contributed by atoms with E-state index in [0.717, 1.165) is 31.6 Å². The highest BCUT2D eigenvalue weighted by Crippen LogP contribution is 2.09. The van der Waals surface area contributed by atoms with E-state index < -0.39 is 0 Å². The summed E-state index contributed by atoms with van der Waals surface area (Å²) in [5.41, 5.74) is 0.831. The number of rotatable bonds is 1. The molecule has 3 rings (SSSR count). The lowest BCUT2D eigenvalue weighted by Gasteiger charge is -2.10. The summed E-state index contributed by atoms with van der Waals surface area (Å²) < 4.78 is 1.79. The molecule has 3 heterocycles.